The van der Waals surface area contributed by atoms with E-state index in [1.807, 2.05) is 24.3 Å². The number of carbonyl (C=O) groups is 1. The number of ketones is 1. The summed E-state index contributed by atoms with van der Waals surface area (Å²) in [5.41, 5.74) is 2.58. The zero-order valence-corrected chi connectivity index (χ0v) is 12.0. The van der Waals surface area contributed by atoms with Gasteiger partial charge in [0.25, 0.3) is 0 Å². The Hall–Kier alpha value is -1.55. The molecule has 0 saturated heterocycles. The predicted octanol–water partition coefficient (Wildman–Crippen LogP) is 3.82. The lowest BCUT2D eigenvalue weighted by atomic mass is 10.1. The molecule has 0 fully saturated rings. The van der Waals surface area contributed by atoms with Crippen LogP contribution < -0.4 is 0 Å². The second-order valence-electron chi connectivity index (χ2n) is 4.69. The summed E-state index contributed by atoms with van der Waals surface area (Å²) in [5, 5.41) is 0. The molecule has 3 rings (SSSR count). The fourth-order valence-electron chi connectivity index (χ4n) is 2.29. The molecular formula is C15H13BrN2O. The molecule has 0 unspecified atom stereocenters. The number of benzene rings is 1. The van der Waals surface area contributed by atoms with Crippen LogP contribution in [0.2, 0.25) is 0 Å². The van der Waals surface area contributed by atoms with E-state index in [9.17, 15) is 4.79 Å². The Labute approximate surface area is 120 Å². The van der Waals surface area contributed by atoms with Crippen molar-refractivity contribution >= 4 is 21.7 Å². The summed E-state index contributed by atoms with van der Waals surface area (Å²) < 4.78 is 1.03. The average molecular weight is 317 g/mol. The van der Waals surface area contributed by atoms with Crippen LogP contribution in [0.5, 0.6) is 0 Å². The fourth-order valence-corrected chi connectivity index (χ4v) is 2.56. The van der Waals surface area contributed by atoms with Crippen LogP contribution in [-0.2, 0) is 6.42 Å². The molecule has 0 amide bonds. The summed E-state index contributed by atoms with van der Waals surface area (Å²) in [7, 11) is 0. The molecule has 3 nitrogen and oxygen atoms in total. The highest BCUT2D eigenvalue weighted by Crippen LogP contribution is 2.23. The van der Waals surface area contributed by atoms with Crippen molar-refractivity contribution in [1.29, 1.82) is 0 Å². The van der Waals surface area contributed by atoms with Gasteiger partial charge in [-0.3, -0.25) is 4.79 Å². The van der Waals surface area contributed by atoms with Gasteiger partial charge in [0.05, 0.1) is 11.3 Å². The number of fused-ring (bicyclic) bond motifs is 1. The molecule has 1 aliphatic carbocycles. The zero-order valence-electron chi connectivity index (χ0n) is 10.4. The number of Topliss-reactive ketones (excluding diaryl/α,β-unsaturated/α-hetero) is 1. The van der Waals surface area contributed by atoms with Gasteiger partial charge in [0.2, 0.25) is 0 Å². The molecule has 1 aliphatic rings. The first-order valence-corrected chi connectivity index (χ1v) is 7.18. The van der Waals surface area contributed by atoms with Gasteiger partial charge < -0.3 is 0 Å². The summed E-state index contributed by atoms with van der Waals surface area (Å²) in [5.74, 6) is 0.871. The third-order valence-electron chi connectivity index (χ3n) is 3.34. The SMILES string of the molecule is O=C1CCCCc2nc(-c3ccc(Br)cc3)ncc21. The molecule has 0 bridgehead atoms. The standard InChI is InChI=1S/C15H13BrN2O/c16-11-7-5-10(6-8-11)15-17-9-12-13(18-15)3-1-2-4-14(12)19/h5-9H,1-4H2. The Morgan fingerprint density at radius 1 is 1.05 bits per heavy atom. The maximum Gasteiger partial charge on any atom is 0.166 e. The molecule has 96 valence electrons. The van der Waals surface area contributed by atoms with Gasteiger partial charge in [0.15, 0.2) is 11.6 Å². The quantitative estimate of drug-likeness (QED) is 0.751. The van der Waals surface area contributed by atoms with Crippen LogP contribution in [0.3, 0.4) is 0 Å². The van der Waals surface area contributed by atoms with Crippen molar-refractivity contribution in [2.75, 3.05) is 0 Å². The van der Waals surface area contributed by atoms with E-state index in [1.54, 1.807) is 6.20 Å². The third kappa shape index (κ3) is 2.59. The second-order valence-corrected chi connectivity index (χ2v) is 5.61. The molecule has 1 aromatic heterocycles. The normalized spacial score (nSPS) is 14.9. The van der Waals surface area contributed by atoms with Crippen LogP contribution in [0, 0.1) is 0 Å². The average Bonchev–Trinajstić information content (AvgIpc) is 2.61. The van der Waals surface area contributed by atoms with E-state index in [2.05, 4.69) is 25.9 Å². The van der Waals surface area contributed by atoms with Crippen molar-refractivity contribution in [3.8, 4) is 11.4 Å². The molecule has 1 heterocycles. The Balaban J connectivity index is 2.03. The highest BCUT2D eigenvalue weighted by atomic mass is 79.9. The zero-order chi connectivity index (χ0) is 13.2. The number of rotatable bonds is 1. The summed E-state index contributed by atoms with van der Waals surface area (Å²) in [4.78, 5) is 20.8. The van der Waals surface area contributed by atoms with Gasteiger partial charge in [0, 0.05) is 22.7 Å². The van der Waals surface area contributed by atoms with Crippen LogP contribution >= 0.6 is 15.9 Å². The van der Waals surface area contributed by atoms with E-state index in [4.69, 9.17) is 0 Å². The molecule has 0 spiro atoms. The summed E-state index contributed by atoms with van der Waals surface area (Å²) in [6, 6.07) is 7.89. The topological polar surface area (TPSA) is 42.9 Å². The number of aryl methyl sites for hydroxylation is 1. The van der Waals surface area contributed by atoms with Crippen LogP contribution in [0.1, 0.15) is 35.3 Å². The van der Waals surface area contributed by atoms with E-state index in [0.29, 0.717) is 17.8 Å². The Morgan fingerprint density at radius 3 is 2.58 bits per heavy atom. The summed E-state index contributed by atoms with van der Waals surface area (Å²) in [6.45, 7) is 0. The van der Waals surface area contributed by atoms with Gasteiger partial charge in [0.1, 0.15) is 0 Å². The van der Waals surface area contributed by atoms with E-state index in [0.717, 1.165) is 35.0 Å². The van der Waals surface area contributed by atoms with E-state index in [-0.39, 0.29) is 5.78 Å². The van der Waals surface area contributed by atoms with Crippen LogP contribution in [0.4, 0.5) is 0 Å². The molecule has 1 aromatic carbocycles. The van der Waals surface area contributed by atoms with Crippen LogP contribution in [0.25, 0.3) is 11.4 Å². The highest BCUT2D eigenvalue weighted by molar-refractivity contribution is 9.10. The van der Waals surface area contributed by atoms with Gasteiger partial charge in [-0.05, 0) is 31.4 Å². The van der Waals surface area contributed by atoms with Gasteiger partial charge in [-0.25, -0.2) is 9.97 Å². The van der Waals surface area contributed by atoms with Gasteiger partial charge in [-0.1, -0.05) is 28.1 Å². The van der Waals surface area contributed by atoms with Crippen LogP contribution in [0.15, 0.2) is 34.9 Å². The van der Waals surface area contributed by atoms with Gasteiger partial charge in [-0.15, -0.1) is 0 Å². The molecule has 4 heteroatoms. The Morgan fingerprint density at radius 2 is 1.79 bits per heavy atom. The van der Waals surface area contributed by atoms with Crippen molar-refractivity contribution < 1.29 is 4.79 Å². The Kier molecular flexibility index (Phi) is 3.42. The monoisotopic (exact) mass is 316 g/mol. The molecule has 0 radical (unpaired) electrons. The number of nitrogens with zero attached hydrogens (tertiary/aromatic N) is 2. The van der Waals surface area contributed by atoms with E-state index < -0.39 is 0 Å². The predicted molar refractivity (Wildman–Crippen MR) is 77.1 cm³/mol. The van der Waals surface area contributed by atoms with E-state index in [1.165, 1.54) is 0 Å². The number of hydrogen-bond acceptors (Lipinski definition) is 3. The third-order valence-corrected chi connectivity index (χ3v) is 3.87. The largest absolute Gasteiger partial charge is 0.294 e. The Bertz CT molecular complexity index is 623. The number of carbonyl (C=O) groups excluding carboxylic acids is 1. The number of aromatic nitrogens is 2. The smallest absolute Gasteiger partial charge is 0.166 e. The number of hydrogen-bond donors (Lipinski definition) is 0. The first-order valence-electron chi connectivity index (χ1n) is 6.39. The minimum atomic E-state index is 0.176. The minimum absolute atomic E-state index is 0.176. The minimum Gasteiger partial charge on any atom is -0.294 e. The van der Waals surface area contributed by atoms with Crippen molar-refractivity contribution in [2.45, 2.75) is 25.7 Å². The number of halogens is 1. The van der Waals surface area contributed by atoms with Crippen molar-refractivity contribution in [1.82, 2.24) is 9.97 Å². The fraction of sp³-hybridized carbons (Fsp3) is 0.267. The van der Waals surface area contributed by atoms with Crippen molar-refractivity contribution in [3.63, 3.8) is 0 Å². The lowest BCUT2D eigenvalue weighted by Crippen LogP contribution is -2.05. The lowest BCUT2D eigenvalue weighted by Gasteiger charge is -2.06. The summed E-state index contributed by atoms with van der Waals surface area (Å²) in [6.07, 6.45) is 5.15. The van der Waals surface area contributed by atoms with E-state index >= 15 is 0 Å². The first kappa shape index (κ1) is 12.5. The maximum absolute atomic E-state index is 11.9. The van der Waals surface area contributed by atoms with Crippen LogP contribution in [-0.4, -0.2) is 15.8 Å². The molecular weight excluding hydrogens is 304 g/mol. The molecule has 2 aromatic rings. The van der Waals surface area contributed by atoms with Crippen molar-refractivity contribution in [3.05, 3.63) is 46.2 Å². The lowest BCUT2D eigenvalue weighted by molar-refractivity contribution is 0.0981. The van der Waals surface area contributed by atoms with Gasteiger partial charge >= 0.3 is 0 Å². The molecule has 0 aliphatic heterocycles. The first-order chi connectivity index (χ1) is 9.24. The molecule has 0 saturated carbocycles. The summed E-state index contributed by atoms with van der Waals surface area (Å²) >= 11 is 3.41. The van der Waals surface area contributed by atoms with Gasteiger partial charge in [-0.2, -0.15) is 0 Å². The molecule has 0 atom stereocenters. The molecule has 0 N–H and O–H groups in total. The highest BCUT2D eigenvalue weighted by Gasteiger charge is 2.18. The second kappa shape index (κ2) is 5.21. The maximum atomic E-state index is 11.9. The molecule has 19 heavy (non-hydrogen) atoms. The van der Waals surface area contributed by atoms with Crippen molar-refractivity contribution in [2.24, 2.45) is 0 Å².